The molecule has 0 radical (unpaired) electrons. The van der Waals surface area contributed by atoms with E-state index < -0.39 is 0 Å². The molecule has 0 bridgehead atoms. The molecule has 0 aliphatic heterocycles. The summed E-state index contributed by atoms with van der Waals surface area (Å²) in [5.41, 5.74) is 8.88. The van der Waals surface area contributed by atoms with Gasteiger partial charge in [0.05, 0.1) is 16.8 Å². The third-order valence-electron chi connectivity index (χ3n) is 3.48. The Balaban J connectivity index is 2.72. The fourth-order valence-corrected chi connectivity index (χ4v) is 2.72. The van der Waals surface area contributed by atoms with Crippen molar-refractivity contribution in [2.75, 3.05) is 11.4 Å². The zero-order valence-electron chi connectivity index (χ0n) is 13.1. The van der Waals surface area contributed by atoms with Gasteiger partial charge in [0.1, 0.15) is 4.99 Å². The number of pyridine rings is 1. The van der Waals surface area contributed by atoms with E-state index in [-0.39, 0.29) is 0 Å². The molecule has 0 unspecified atom stereocenters. The molecule has 3 nitrogen and oxygen atoms in total. The van der Waals surface area contributed by atoms with Gasteiger partial charge < -0.3 is 10.6 Å². The van der Waals surface area contributed by atoms with E-state index in [9.17, 15) is 0 Å². The molecular formula is C17H23N3S. The third kappa shape index (κ3) is 3.32. The highest BCUT2D eigenvalue weighted by Gasteiger charge is 2.20. The molecule has 1 aromatic carbocycles. The number of nitrogens with two attached hydrogens (primary N) is 1. The highest BCUT2D eigenvalue weighted by molar-refractivity contribution is 7.80. The molecule has 1 aromatic heterocycles. The van der Waals surface area contributed by atoms with E-state index in [2.05, 4.69) is 43.6 Å². The first kappa shape index (κ1) is 15.7. The van der Waals surface area contributed by atoms with Crippen molar-refractivity contribution in [2.24, 2.45) is 11.7 Å². The predicted molar refractivity (Wildman–Crippen MR) is 95.0 cm³/mol. The molecular weight excluding hydrogens is 278 g/mol. The Hall–Kier alpha value is -1.68. The quantitative estimate of drug-likeness (QED) is 0.854. The predicted octanol–water partition coefficient (Wildman–Crippen LogP) is 3.74. The Labute approximate surface area is 132 Å². The van der Waals surface area contributed by atoms with Gasteiger partial charge in [-0.25, -0.2) is 0 Å². The molecule has 2 aromatic rings. The molecule has 0 aliphatic carbocycles. The summed E-state index contributed by atoms with van der Waals surface area (Å²) >= 11 is 5.24. The van der Waals surface area contributed by atoms with Crippen LogP contribution in [0.2, 0.25) is 0 Å². The molecule has 0 aliphatic rings. The van der Waals surface area contributed by atoms with E-state index in [1.165, 1.54) is 0 Å². The van der Waals surface area contributed by atoms with Crippen molar-refractivity contribution < 1.29 is 0 Å². The number of aromatic nitrogens is 1. The van der Waals surface area contributed by atoms with Crippen molar-refractivity contribution in [2.45, 2.75) is 33.7 Å². The Morgan fingerprint density at radius 3 is 2.48 bits per heavy atom. The summed E-state index contributed by atoms with van der Waals surface area (Å²) in [4.78, 5) is 7.27. The average Bonchev–Trinajstić information content (AvgIpc) is 2.43. The lowest BCUT2D eigenvalue weighted by Gasteiger charge is -2.33. The SMILES string of the molecule is CC(C)CN(c1c(C(N)=S)cnc2ccccc12)C(C)C. The second kappa shape index (κ2) is 6.39. The maximum Gasteiger partial charge on any atom is 0.107 e. The van der Waals surface area contributed by atoms with Crippen LogP contribution in [0.15, 0.2) is 30.5 Å². The zero-order chi connectivity index (χ0) is 15.6. The molecule has 0 amide bonds. The number of nitrogens with zero attached hydrogens (tertiary/aromatic N) is 2. The van der Waals surface area contributed by atoms with E-state index in [4.69, 9.17) is 18.0 Å². The fourth-order valence-electron chi connectivity index (χ4n) is 2.57. The second-order valence-corrected chi connectivity index (χ2v) is 6.48. The average molecular weight is 301 g/mol. The van der Waals surface area contributed by atoms with Crippen molar-refractivity contribution in [3.05, 3.63) is 36.0 Å². The summed E-state index contributed by atoms with van der Waals surface area (Å²) in [6.07, 6.45) is 1.80. The number of fused-ring (bicyclic) bond motifs is 1. The van der Waals surface area contributed by atoms with Gasteiger partial charge in [-0.2, -0.15) is 0 Å². The first-order valence-electron chi connectivity index (χ1n) is 7.36. The van der Waals surface area contributed by atoms with Crippen LogP contribution in [0, 0.1) is 5.92 Å². The number of thiocarbonyl (C=S) groups is 1. The molecule has 4 heteroatoms. The van der Waals surface area contributed by atoms with Crippen molar-refractivity contribution >= 4 is 33.8 Å². The third-order valence-corrected chi connectivity index (χ3v) is 3.70. The van der Waals surface area contributed by atoms with E-state index in [1.807, 2.05) is 18.2 Å². The molecule has 2 N–H and O–H groups in total. The Morgan fingerprint density at radius 2 is 1.90 bits per heavy atom. The van der Waals surface area contributed by atoms with Gasteiger partial charge in [0, 0.05) is 24.2 Å². The normalized spacial score (nSPS) is 11.3. The monoisotopic (exact) mass is 301 g/mol. The maximum absolute atomic E-state index is 5.94. The van der Waals surface area contributed by atoms with Crippen LogP contribution in [0.25, 0.3) is 10.9 Å². The van der Waals surface area contributed by atoms with Crippen LogP contribution in [-0.4, -0.2) is 22.6 Å². The number of rotatable bonds is 5. The number of hydrogen-bond acceptors (Lipinski definition) is 3. The van der Waals surface area contributed by atoms with Crippen molar-refractivity contribution in [1.29, 1.82) is 0 Å². The van der Waals surface area contributed by atoms with Gasteiger partial charge >= 0.3 is 0 Å². The molecule has 0 saturated heterocycles. The summed E-state index contributed by atoms with van der Waals surface area (Å²) in [6.45, 7) is 9.79. The van der Waals surface area contributed by atoms with Crippen LogP contribution in [0.3, 0.4) is 0 Å². The number of para-hydroxylation sites is 1. The van der Waals surface area contributed by atoms with Crippen LogP contribution >= 0.6 is 12.2 Å². The fraction of sp³-hybridized carbons (Fsp3) is 0.412. The van der Waals surface area contributed by atoms with Crippen LogP contribution in [0.5, 0.6) is 0 Å². The Bertz CT molecular complexity index is 650. The lowest BCUT2D eigenvalue weighted by Crippen LogP contribution is -2.36. The molecule has 112 valence electrons. The van der Waals surface area contributed by atoms with Gasteiger partial charge in [0.15, 0.2) is 0 Å². The summed E-state index contributed by atoms with van der Waals surface area (Å²) in [5.74, 6) is 0.554. The smallest absolute Gasteiger partial charge is 0.107 e. The van der Waals surface area contributed by atoms with Gasteiger partial charge in [-0.15, -0.1) is 0 Å². The molecule has 0 atom stereocenters. The van der Waals surface area contributed by atoms with Crippen molar-refractivity contribution in [3.63, 3.8) is 0 Å². The van der Waals surface area contributed by atoms with Crippen LogP contribution in [0.4, 0.5) is 5.69 Å². The highest BCUT2D eigenvalue weighted by atomic mass is 32.1. The Kier molecular flexibility index (Phi) is 4.78. The van der Waals surface area contributed by atoms with Gasteiger partial charge in [0.2, 0.25) is 0 Å². The van der Waals surface area contributed by atoms with Crippen molar-refractivity contribution in [3.8, 4) is 0 Å². The van der Waals surface area contributed by atoms with E-state index in [0.717, 1.165) is 28.7 Å². The number of anilines is 1. The molecule has 0 saturated carbocycles. The molecule has 2 rings (SSSR count). The minimum Gasteiger partial charge on any atom is -0.389 e. The summed E-state index contributed by atoms with van der Waals surface area (Å²) in [6, 6.07) is 8.52. The zero-order valence-corrected chi connectivity index (χ0v) is 13.9. The first-order chi connectivity index (χ1) is 9.91. The minimum atomic E-state index is 0.367. The summed E-state index contributed by atoms with van der Waals surface area (Å²) in [5, 5.41) is 1.11. The van der Waals surface area contributed by atoms with E-state index in [1.54, 1.807) is 6.20 Å². The maximum atomic E-state index is 5.94. The molecule has 0 spiro atoms. The summed E-state index contributed by atoms with van der Waals surface area (Å²) < 4.78 is 0. The summed E-state index contributed by atoms with van der Waals surface area (Å²) in [7, 11) is 0. The number of benzene rings is 1. The van der Waals surface area contributed by atoms with Gasteiger partial charge in [0.25, 0.3) is 0 Å². The molecule has 1 heterocycles. The van der Waals surface area contributed by atoms with E-state index in [0.29, 0.717) is 16.9 Å². The standard InChI is InChI=1S/C17H23N3S/c1-11(2)10-20(12(3)4)16-13-7-5-6-8-15(13)19-9-14(16)17(18)21/h5-9,11-12H,10H2,1-4H3,(H2,18,21). The highest BCUT2D eigenvalue weighted by Crippen LogP contribution is 2.31. The first-order valence-corrected chi connectivity index (χ1v) is 7.76. The molecule has 21 heavy (non-hydrogen) atoms. The minimum absolute atomic E-state index is 0.367. The van der Waals surface area contributed by atoms with Crippen LogP contribution in [-0.2, 0) is 0 Å². The Morgan fingerprint density at radius 1 is 1.24 bits per heavy atom. The van der Waals surface area contributed by atoms with Gasteiger partial charge in [-0.1, -0.05) is 44.3 Å². The van der Waals surface area contributed by atoms with Crippen LogP contribution < -0.4 is 10.6 Å². The topological polar surface area (TPSA) is 42.1 Å². The van der Waals surface area contributed by atoms with E-state index >= 15 is 0 Å². The second-order valence-electron chi connectivity index (χ2n) is 6.04. The lowest BCUT2D eigenvalue weighted by molar-refractivity contribution is 0.572. The largest absolute Gasteiger partial charge is 0.389 e. The lowest BCUT2D eigenvalue weighted by atomic mass is 10.0. The molecule has 0 fully saturated rings. The van der Waals surface area contributed by atoms with Gasteiger partial charge in [-0.3, -0.25) is 4.98 Å². The number of hydrogen-bond donors (Lipinski definition) is 1. The van der Waals surface area contributed by atoms with Gasteiger partial charge in [-0.05, 0) is 25.8 Å². The van der Waals surface area contributed by atoms with Crippen LogP contribution in [0.1, 0.15) is 33.3 Å². The van der Waals surface area contributed by atoms with Crippen molar-refractivity contribution in [1.82, 2.24) is 4.98 Å².